The largest absolute Gasteiger partial charge is 0.460 e. The Hall–Kier alpha value is -2.53. The van der Waals surface area contributed by atoms with Gasteiger partial charge in [-0.15, -0.1) is 0 Å². The van der Waals surface area contributed by atoms with Crippen LogP contribution in [-0.2, 0) is 4.79 Å². The fourth-order valence-corrected chi connectivity index (χ4v) is 1.44. The zero-order chi connectivity index (χ0) is 19.5. The van der Waals surface area contributed by atoms with E-state index in [1.807, 2.05) is 5.43 Å². The number of Topliss-reactive ketones (excluding diaryl/α,β-unsaturated/α-hetero) is 1. The third-order valence-electron chi connectivity index (χ3n) is 2.79. The van der Waals surface area contributed by atoms with Gasteiger partial charge in [-0.3, -0.25) is 14.6 Å². The van der Waals surface area contributed by atoms with Crippen molar-refractivity contribution in [1.29, 1.82) is 0 Å². The molecule has 138 valence electrons. The van der Waals surface area contributed by atoms with Crippen molar-refractivity contribution in [2.75, 3.05) is 0 Å². The molecule has 25 heavy (non-hydrogen) atoms. The van der Waals surface area contributed by atoms with Gasteiger partial charge in [0, 0.05) is 18.1 Å². The zero-order valence-corrected chi connectivity index (χ0v) is 12.4. The van der Waals surface area contributed by atoms with E-state index in [1.165, 1.54) is 18.3 Å². The Morgan fingerprint density at radius 1 is 1.16 bits per heavy atom. The molecule has 0 aliphatic carbocycles. The van der Waals surface area contributed by atoms with Crippen LogP contribution in [0.4, 0.5) is 30.7 Å². The molecule has 1 N–H and O–H groups in total. The molecule has 0 unspecified atom stereocenters. The van der Waals surface area contributed by atoms with E-state index >= 15 is 0 Å². The first kappa shape index (κ1) is 20.5. The SMILES string of the molecule is C/C(CC(=O)C(F)(F)C(F)(F)C(F)(F)F)=N/NC(=O)c1cccnc1. The Kier molecular flexibility index (Phi) is 5.87. The molecule has 1 amide bonds. The summed E-state index contributed by atoms with van der Waals surface area (Å²) in [5, 5.41) is 3.21. The second-order valence-corrected chi connectivity index (χ2v) is 4.78. The highest BCUT2D eigenvalue weighted by atomic mass is 19.4. The van der Waals surface area contributed by atoms with Crippen molar-refractivity contribution in [2.24, 2.45) is 5.10 Å². The first-order valence-electron chi connectivity index (χ1n) is 6.40. The molecule has 0 aliphatic heterocycles. The number of carbonyl (C=O) groups excluding carboxylic acids is 2. The Morgan fingerprint density at radius 3 is 2.24 bits per heavy atom. The number of ketones is 1. The number of nitrogens with one attached hydrogen (secondary N) is 1. The maximum Gasteiger partial charge on any atom is 0.460 e. The average Bonchev–Trinajstić information content (AvgIpc) is 2.52. The van der Waals surface area contributed by atoms with Crippen LogP contribution in [0.1, 0.15) is 23.7 Å². The number of aromatic nitrogens is 1. The van der Waals surface area contributed by atoms with Crippen LogP contribution in [0.3, 0.4) is 0 Å². The summed E-state index contributed by atoms with van der Waals surface area (Å²) in [5.74, 6) is -16.1. The molecule has 12 heteroatoms. The maximum absolute atomic E-state index is 13.1. The van der Waals surface area contributed by atoms with Crippen LogP contribution in [0.5, 0.6) is 0 Å². The number of carbonyl (C=O) groups is 2. The van der Waals surface area contributed by atoms with Gasteiger partial charge in [0.2, 0.25) is 5.78 Å². The van der Waals surface area contributed by atoms with Gasteiger partial charge in [-0.2, -0.15) is 35.8 Å². The van der Waals surface area contributed by atoms with E-state index in [1.54, 1.807) is 0 Å². The smallest absolute Gasteiger partial charge is 0.292 e. The lowest BCUT2D eigenvalue weighted by molar-refractivity contribution is -0.343. The van der Waals surface area contributed by atoms with Gasteiger partial charge in [0.25, 0.3) is 5.91 Å². The van der Waals surface area contributed by atoms with Crippen LogP contribution in [0, 0.1) is 0 Å². The van der Waals surface area contributed by atoms with E-state index in [2.05, 4.69) is 10.1 Å². The van der Waals surface area contributed by atoms with Gasteiger partial charge in [-0.25, -0.2) is 5.43 Å². The van der Waals surface area contributed by atoms with Gasteiger partial charge < -0.3 is 0 Å². The molecule has 0 aliphatic rings. The Bertz CT molecular complexity index is 672. The first-order valence-corrected chi connectivity index (χ1v) is 6.40. The number of hydrogen-bond acceptors (Lipinski definition) is 4. The normalized spacial score (nSPS) is 13.5. The number of halogens is 7. The van der Waals surface area contributed by atoms with Crippen molar-refractivity contribution in [3.63, 3.8) is 0 Å². The van der Waals surface area contributed by atoms with Crippen molar-refractivity contribution in [3.05, 3.63) is 30.1 Å². The van der Waals surface area contributed by atoms with Crippen LogP contribution >= 0.6 is 0 Å². The summed E-state index contributed by atoms with van der Waals surface area (Å²) in [6.45, 7) is 0.892. The van der Waals surface area contributed by atoms with Gasteiger partial charge >= 0.3 is 18.0 Å². The van der Waals surface area contributed by atoms with E-state index in [4.69, 9.17) is 0 Å². The van der Waals surface area contributed by atoms with Crippen molar-refractivity contribution in [2.45, 2.75) is 31.4 Å². The summed E-state index contributed by atoms with van der Waals surface area (Å²) >= 11 is 0. The molecule has 0 bridgehead atoms. The predicted molar refractivity (Wildman–Crippen MR) is 70.4 cm³/mol. The molecule has 1 aromatic rings. The highest BCUT2D eigenvalue weighted by Crippen LogP contribution is 2.47. The predicted octanol–water partition coefficient (Wildman–Crippen LogP) is 2.98. The van der Waals surface area contributed by atoms with E-state index in [9.17, 15) is 40.3 Å². The number of amides is 1. The van der Waals surface area contributed by atoms with E-state index in [0.29, 0.717) is 0 Å². The van der Waals surface area contributed by atoms with Gasteiger partial charge in [0.15, 0.2) is 0 Å². The monoisotopic (exact) mass is 373 g/mol. The van der Waals surface area contributed by atoms with Crippen molar-refractivity contribution in [3.8, 4) is 0 Å². The molecule has 0 fully saturated rings. The molecule has 0 spiro atoms. The quantitative estimate of drug-likeness (QED) is 0.474. The summed E-state index contributed by atoms with van der Waals surface area (Å²) in [4.78, 5) is 26.3. The van der Waals surface area contributed by atoms with Crippen LogP contribution in [0.2, 0.25) is 0 Å². The van der Waals surface area contributed by atoms with Gasteiger partial charge in [-0.05, 0) is 19.1 Å². The first-order chi connectivity index (χ1) is 11.3. The van der Waals surface area contributed by atoms with Gasteiger partial charge in [-0.1, -0.05) is 0 Å². The summed E-state index contributed by atoms with van der Waals surface area (Å²) < 4.78 is 87.7. The van der Waals surface area contributed by atoms with Crippen LogP contribution < -0.4 is 5.43 Å². The average molecular weight is 373 g/mol. The maximum atomic E-state index is 13.1. The molecule has 0 aromatic carbocycles. The van der Waals surface area contributed by atoms with Gasteiger partial charge in [0.1, 0.15) is 0 Å². The van der Waals surface area contributed by atoms with E-state index in [-0.39, 0.29) is 5.56 Å². The minimum atomic E-state index is -6.61. The number of rotatable bonds is 6. The Balaban J connectivity index is 2.80. The van der Waals surface area contributed by atoms with E-state index in [0.717, 1.165) is 13.1 Å². The molecular weight excluding hydrogens is 363 g/mol. The molecule has 1 aromatic heterocycles. The Morgan fingerprint density at radius 2 is 1.76 bits per heavy atom. The minimum Gasteiger partial charge on any atom is -0.292 e. The third kappa shape index (κ3) is 4.51. The topological polar surface area (TPSA) is 71.4 Å². The minimum absolute atomic E-state index is 0.0133. The molecule has 1 rings (SSSR count). The van der Waals surface area contributed by atoms with Crippen molar-refractivity contribution in [1.82, 2.24) is 10.4 Å². The molecule has 0 saturated heterocycles. The second kappa shape index (κ2) is 7.15. The highest BCUT2D eigenvalue weighted by Gasteiger charge is 2.75. The van der Waals surface area contributed by atoms with E-state index < -0.39 is 41.8 Å². The number of nitrogens with zero attached hydrogens (tertiary/aromatic N) is 2. The molecule has 1 heterocycles. The Labute approximate surface area is 135 Å². The zero-order valence-electron chi connectivity index (χ0n) is 12.4. The van der Waals surface area contributed by atoms with Crippen molar-refractivity contribution < 1.29 is 40.3 Å². The molecular formula is C13H10F7N3O2. The second-order valence-electron chi connectivity index (χ2n) is 4.78. The lowest BCUT2D eigenvalue weighted by atomic mass is 10.0. The number of hydrogen-bond donors (Lipinski definition) is 1. The third-order valence-corrected chi connectivity index (χ3v) is 2.79. The summed E-state index contributed by atoms with van der Waals surface area (Å²) in [5.41, 5.74) is 1.24. The summed E-state index contributed by atoms with van der Waals surface area (Å²) in [7, 11) is 0. The lowest BCUT2D eigenvalue weighted by Crippen LogP contribution is -2.56. The summed E-state index contributed by atoms with van der Waals surface area (Å²) in [6.07, 6.45) is -5.64. The molecule has 0 saturated carbocycles. The fraction of sp³-hybridized carbons (Fsp3) is 0.385. The van der Waals surface area contributed by atoms with Crippen molar-refractivity contribution >= 4 is 17.4 Å². The van der Waals surface area contributed by atoms with Crippen LogP contribution in [0.25, 0.3) is 0 Å². The molecule has 5 nitrogen and oxygen atoms in total. The molecule has 0 radical (unpaired) electrons. The number of hydrazone groups is 1. The number of alkyl halides is 7. The van der Waals surface area contributed by atoms with Crippen LogP contribution in [0.15, 0.2) is 29.6 Å². The van der Waals surface area contributed by atoms with Gasteiger partial charge in [0.05, 0.1) is 12.0 Å². The lowest BCUT2D eigenvalue weighted by Gasteiger charge is -2.26. The molecule has 0 atom stereocenters. The summed E-state index contributed by atoms with van der Waals surface area (Å²) in [6, 6.07) is 2.71. The fourth-order valence-electron chi connectivity index (χ4n) is 1.44. The standard InChI is InChI=1S/C13H10F7N3O2/c1-7(22-23-10(25)8-3-2-4-21-6-8)5-9(24)11(14,15)12(16,17)13(18,19)20/h2-4,6H,5H2,1H3,(H,23,25)/b22-7-. The highest BCUT2D eigenvalue weighted by molar-refractivity contribution is 6.04. The number of pyridine rings is 1. The van der Waals surface area contributed by atoms with Crippen LogP contribution in [-0.4, -0.2) is 40.4 Å².